The normalized spacial score (nSPS) is 10.7. The van der Waals surface area contributed by atoms with Gasteiger partial charge in [-0.3, -0.25) is 9.59 Å². The first kappa shape index (κ1) is 20.3. The lowest BCUT2D eigenvalue weighted by Gasteiger charge is -2.11. The van der Waals surface area contributed by atoms with Crippen LogP contribution in [0.5, 0.6) is 0 Å². The second-order valence-corrected chi connectivity index (χ2v) is 7.19. The zero-order valence-corrected chi connectivity index (χ0v) is 17.2. The number of para-hydroxylation sites is 2. The van der Waals surface area contributed by atoms with Crippen molar-refractivity contribution in [3.05, 3.63) is 89.5 Å². The summed E-state index contributed by atoms with van der Waals surface area (Å²) in [6.45, 7) is 3.13. The van der Waals surface area contributed by atoms with Crippen molar-refractivity contribution in [1.29, 1.82) is 0 Å². The molecule has 2 amide bonds. The Labute approximate surface area is 180 Å². The summed E-state index contributed by atoms with van der Waals surface area (Å²) in [6.07, 6.45) is 0.844. The van der Waals surface area contributed by atoms with Crippen LogP contribution in [0.2, 0.25) is 0 Å². The number of nitrogens with one attached hydrogen (secondary N) is 2. The molecule has 0 fully saturated rings. The van der Waals surface area contributed by atoms with Gasteiger partial charge >= 0.3 is 0 Å². The maximum atomic E-state index is 12.7. The molecule has 0 atom stereocenters. The Hall–Kier alpha value is -4.00. The summed E-state index contributed by atoms with van der Waals surface area (Å²) in [7, 11) is 0. The molecule has 0 aliphatic rings. The van der Waals surface area contributed by atoms with Gasteiger partial charge in [0, 0.05) is 12.1 Å². The molecular weight excluding hydrogens is 390 g/mol. The second kappa shape index (κ2) is 9.21. The predicted molar refractivity (Wildman–Crippen MR) is 120 cm³/mol. The SMILES string of the molecule is CCCNC(=O)c1ccccc1NC(=O)c1ccc(Cn2nnc3ccccc32)cc1. The quantitative estimate of drug-likeness (QED) is 0.481. The number of fused-ring (bicyclic) bond motifs is 1. The van der Waals surface area contributed by atoms with E-state index in [4.69, 9.17) is 0 Å². The standard InChI is InChI=1S/C24H23N5O2/c1-2-15-25-24(31)19-7-3-4-8-20(19)26-23(30)18-13-11-17(12-14-18)16-29-22-10-6-5-9-21(22)27-28-29/h3-14H,2,15-16H2,1H3,(H,25,31)(H,26,30). The number of nitrogens with zero attached hydrogens (tertiary/aromatic N) is 3. The number of benzene rings is 3. The van der Waals surface area contributed by atoms with Crippen LogP contribution in [0.3, 0.4) is 0 Å². The zero-order chi connectivity index (χ0) is 21.6. The van der Waals surface area contributed by atoms with E-state index < -0.39 is 0 Å². The molecule has 3 aromatic carbocycles. The molecule has 4 rings (SSSR count). The molecule has 1 aromatic heterocycles. The summed E-state index contributed by atoms with van der Waals surface area (Å²) in [4.78, 5) is 25.1. The van der Waals surface area contributed by atoms with Crippen molar-refractivity contribution in [3.63, 3.8) is 0 Å². The Morgan fingerprint density at radius 1 is 0.903 bits per heavy atom. The van der Waals surface area contributed by atoms with Crippen molar-refractivity contribution in [3.8, 4) is 0 Å². The summed E-state index contributed by atoms with van der Waals surface area (Å²) >= 11 is 0. The van der Waals surface area contributed by atoms with E-state index in [1.54, 1.807) is 36.4 Å². The summed E-state index contributed by atoms with van der Waals surface area (Å²) < 4.78 is 1.83. The number of hydrogen-bond donors (Lipinski definition) is 2. The number of aromatic nitrogens is 3. The number of carbonyl (C=O) groups excluding carboxylic acids is 2. The van der Waals surface area contributed by atoms with E-state index in [9.17, 15) is 9.59 Å². The number of amides is 2. The maximum Gasteiger partial charge on any atom is 0.255 e. The lowest BCUT2D eigenvalue weighted by atomic mass is 10.1. The van der Waals surface area contributed by atoms with Crippen molar-refractivity contribution in [2.24, 2.45) is 0 Å². The minimum Gasteiger partial charge on any atom is -0.352 e. The molecule has 0 aliphatic carbocycles. The van der Waals surface area contributed by atoms with Gasteiger partial charge in [0.25, 0.3) is 11.8 Å². The van der Waals surface area contributed by atoms with Crippen LogP contribution < -0.4 is 10.6 Å². The fraction of sp³-hybridized carbons (Fsp3) is 0.167. The fourth-order valence-corrected chi connectivity index (χ4v) is 3.29. The highest BCUT2D eigenvalue weighted by atomic mass is 16.2. The smallest absolute Gasteiger partial charge is 0.255 e. The van der Waals surface area contributed by atoms with Gasteiger partial charge < -0.3 is 10.6 Å². The van der Waals surface area contributed by atoms with Gasteiger partial charge in [-0.15, -0.1) is 5.10 Å². The van der Waals surface area contributed by atoms with E-state index in [-0.39, 0.29) is 11.8 Å². The Balaban J connectivity index is 1.46. The third kappa shape index (κ3) is 4.61. The van der Waals surface area contributed by atoms with Gasteiger partial charge in [-0.05, 0) is 48.4 Å². The zero-order valence-electron chi connectivity index (χ0n) is 17.2. The maximum absolute atomic E-state index is 12.7. The first-order valence-electron chi connectivity index (χ1n) is 10.2. The third-order valence-corrected chi connectivity index (χ3v) is 4.92. The van der Waals surface area contributed by atoms with Crippen LogP contribution in [0.15, 0.2) is 72.8 Å². The highest BCUT2D eigenvalue weighted by Gasteiger charge is 2.14. The molecule has 1 heterocycles. The molecule has 0 saturated heterocycles. The summed E-state index contributed by atoms with van der Waals surface area (Å²) in [5, 5.41) is 14.1. The minimum absolute atomic E-state index is 0.201. The van der Waals surface area contributed by atoms with Crippen LogP contribution in [-0.2, 0) is 6.54 Å². The largest absolute Gasteiger partial charge is 0.352 e. The van der Waals surface area contributed by atoms with Crippen molar-refractivity contribution < 1.29 is 9.59 Å². The van der Waals surface area contributed by atoms with Gasteiger partial charge in [0.05, 0.1) is 23.3 Å². The molecule has 7 nitrogen and oxygen atoms in total. The average molecular weight is 413 g/mol. The van der Waals surface area contributed by atoms with Crippen LogP contribution in [0.4, 0.5) is 5.69 Å². The van der Waals surface area contributed by atoms with Gasteiger partial charge in [-0.25, -0.2) is 4.68 Å². The second-order valence-electron chi connectivity index (χ2n) is 7.19. The van der Waals surface area contributed by atoms with E-state index in [1.165, 1.54) is 0 Å². The molecule has 7 heteroatoms. The van der Waals surface area contributed by atoms with E-state index in [2.05, 4.69) is 20.9 Å². The summed E-state index contributed by atoms with van der Waals surface area (Å²) in [5.41, 5.74) is 4.25. The number of rotatable bonds is 7. The Bertz CT molecular complexity index is 1210. The van der Waals surface area contributed by atoms with E-state index in [1.807, 2.05) is 48.0 Å². The molecule has 4 aromatic rings. The molecular formula is C24H23N5O2. The van der Waals surface area contributed by atoms with Crippen LogP contribution >= 0.6 is 0 Å². The Kier molecular flexibility index (Phi) is 6.03. The monoisotopic (exact) mass is 413 g/mol. The van der Waals surface area contributed by atoms with Gasteiger partial charge in [0.2, 0.25) is 0 Å². The molecule has 0 bridgehead atoms. The van der Waals surface area contributed by atoms with Crippen LogP contribution in [0.1, 0.15) is 39.6 Å². The number of anilines is 1. The topological polar surface area (TPSA) is 88.9 Å². The van der Waals surface area contributed by atoms with Gasteiger partial charge in [0.1, 0.15) is 5.52 Å². The fourth-order valence-electron chi connectivity index (χ4n) is 3.29. The lowest BCUT2D eigenvalue weighted by molar-refractivity contribution is 0.0954. The molecule has 156 valence electrons. The first-order valence-corrected chi connectivity index (χ1v) is 10.2. The summed E-state index contributed by atoms with van der Waals surface area (Å²) in [6, 6.07) is 22.1. The van der Waals surface area contributed by atoms with Gasteiger partial charge in [0.15, 0.2) is 0 Å². The van der Waals surface area contributed by atoms with Crippen molar-refractivity contribution in [1.82, 2.24) is 20.3 Å². The number of carbonyl (C=O) groups is 2. The average Bonchev–Trinajstić information content (AvgIpc) is 3.21. The Morgan fingerprint density at radius 3 is 2.45 bits per heavy atom. The predicted octanol–water partition coefficient (Wildman–Crippen LogP) is 3.87. The van der Waals surface area contributed by atoms with Crippen LogP contribution in [0.25, 0.3) is 11.0 Å². The van der Waals surface area contributed by atoms with E-state index in [0.717, 1.165) is 23.0 Å². The van der Waals surface area contributed by atoms with Gasteiger partial charge in [-0.2, -0.15) is 0 Å². The first-order chi connectivity index (χ1) is 15.2. The molecule has 0 aliphatic heterocycles. The van der Waals surface area contributed by atoms with Crippen LogP contribution in [-0.4, -0.2) is 33.4 Å². The van der Waals surface area contributed by atoms with Crippen LogP contribution in [0, 0.1) is 0 Å². The molecule has 0 unspecified atom stereocenters. The molecule has 0 radical (unpaired) electrons. The minimum atomic E-state index is -0.270. The highest BCUT2D eigenvalue weighted by Crippen LogP contribution is 2.17. The van der Waals surface area contributed by atoms with E-state index in [0.29, 0.717) is 29.9 Å². The summed E-state index contributed by atoms with van der Waals surface area (Å²) in [5.74, 6) is -0.471. The molecule has 31 heavy (non-hydrogen) atoms. The van der Waals surface area contributed by atoms with Crippen molar-refractivity contribution in [2.45, 2.75) is 19.9 Å². The van der Waals surface area contributed by atoms with Gasteiger partial charge in [-0.1, -0.05) is 48.5 Å². The molecule has 0 saturated carbocycles. The van der Waals surface area contributed by atoms with E-state index >= 15 is 0 Å². The molecule has 0 spiro atoms. The van der Waals surface area contributed by atoms with Crippen molar-refractivity contribution in [2.75, 3.05) is 11.9 Å². The Morgan fingerprint density at radius 2 is 1.65 bits per heavy atom. The number of hydrogen-bond acceptors (Lipinski definition) is 4. The lowest BCUT2D eigenvalue weighted by Crippen LogP contribution is -2.25. The third-order valence-electron chi connectivity index (χ3n) is 4.92. The molecule has 2 N–H and O–H groups in total. The van der Waals surface area contributed by atoms with Crippen molar-refractivity contribution >= 4 is 28.5 Å². The highest BCUT2D eigenvalue weighted by molar-refractivity contribution is 6.09.